The highest BCUT2D eigenvalue weighted by Gasteiger charge is 2.33. The predicted octanol–water partition coefficient (Wildman–Crippen LogP) is 3.82. The quantitative estimate of drug-likeness (QED) is 0.713. The second-order valence-corrected chi connectivity index (χ2v) is 6.46. The van der Waals surface area contributed by atoms with Crippen LogP contribution in [0, 0.1) is 0 Å². The van der Waals surface area contributed by atoms with Crippen LogP contribution in [0.5, 0.6) is 0 Å². The Hall–Kier alpha value is -2.88. The highest BCUT2D eigenvalue weighted by atomic mass is 16.3. The Labute approximate surface area is 147 Å². The number of amides is 1. The normalized spacial score (nSPS) is 15.6. The average Bonchev–Trinajstić information content (AvgIpc) is 3.14. The van der Waals surface area contributed by atoms with Gasteiger partial charge in [0.25, 0.3) is 0 Å². The van der Waals surface area contributed by atoms with Gasteiger partial charge in [-0.2, -0.15) is 0 Å². The van der Waals surface area contributed by atoms with E-state index in [2.05, 4.69) is 23.2 Å². The molecule has 1 aromatic carbocycles. The molecule has 0 aliphatic carbocycles. The molecule has 0 saturated carbocycles. The SMILES string of the molecule is O=C(CC(c1ccccc1)c1ccco1)N1CC(c2cccnc2)C1. The van der Waals surface area contributed by atoms with Crippen LogP contribution in [0.4, 0.5) is 0 Å². The van der Waals surface area contributed by atoms with E-state index < -0.39 is 0 Å². The van der Waals surface area contributed by atoms with Crippen molar-refractivity contribution in [3.05, 3.63) is 90.1 Å². The third-order valence-corrected chi connectivity index (χ3v) is 4.86. The zero-order valence-electron chi connectivity index (χ0n) is 13.9. The van der Waals surface area contributed by atoms with E-state index in [0.29, 0.717) is 12.3 Å². The lowest BCUT2D eigenvalue weighted by atomic mass is 9.89. The molecule has 0 spiro atoms. The van der Waals surface area contributed by atoms with Gasteiger partial charge in [-0.3, -0.25) is 9.78 Å². The minimum absolute atomic E-state index is 0.0406. The summed E-state index contributed by atoms with van der Waals surface area (Å²) in [7, 11) is 0. The monoisotopic (exact) mass is 332 g/mol. The number of likely N-dealkylation sites (tertiary alicyclic amines) is 1. The third kappa shape index (κ3) is 3.33. The third-order valence-electron chi connectivity index (χ3n) is 4.86. The Morgan fingerprint density at radius 2 is 1.96 bits per heavy atom. The van der Waals surface area contributed by atoms with Gasteiger partial charge in [0.15, 0.2) is 0 Å². The van der Waals surface area contributed by atoms with Crippen molar-refractivity contribution < 1.29 is 9.21 Å². The molecule has 1 atom stereocenters. The second kappa shape index (κ2) is 6.93. The van der Waals surface area contributed by atoms with Gasteiger partial charge in [-0.15, -0.1) is 0 Å². The lowest BCUT2D eigenvalue weighted by molar-refractivity contribution is -0.135. The van der Waals surface area contributed by atoms with Crippen LogP contribution in [-0.4, -0.2) is 28.9 Å². The Morgan fingerprint density at radius 3 is 2.64 bits per heavy atom. The molecule has 1 aliphatic heterocycles. The molecule has 3 aromatic rings. The van der Waals surface area contributed by atoms with Gasteiger partial charge in [0.2, 0.25) is 5.91 Å². The molecule has 3 heterocycles. The molecule has 4 rings (SSSR count). The number of carbonyl (C=O) groups is 1. The minimum Gasteiger partial charge on any atom is -0.469 e. The zero-order valence-corrected chi connectivity index (χ0v) is 13.9. The van der Waals surface area contributed by atoms with Gasteiger partial charge in [-0.05, 0) is 29.3 Å². The minimum atomic E-state index is -0.0406. The fourth-order valence-electron chi connectivity index (χ4n) is 3.37. The van der Waals surface area contributed by atoms with E-state index in [1.807, 2.05) is 47.5 Å². The fraction of sp³-hybridized carbons (Fsp3) is 0.238. The zero-order chi connectivity index (χ0) is 17.1. The molecule has 1 unspecified atom stereocenters. The van der Waals surface area contributed by atoms with Crippen molar-refractivity contribution in [2.24, 2.45) is 0 Å². The van der Waals surface area contributed by atoms with Crippen molar-refractivity contribution in [2.45, 2.75) is 18.3 Å². The highest BCUT2D eigenvalue weighted by molar-refractivity contribution is 5.78. The number of rotatable bonds is 5. The molecule has 4 heteroatoms. The van der Waals surface area contributed by atoms with E-state index in [9.17, 15) is 4.79 Å². The Morgan fingerprint density at radius 1 is 1.12 bits per heavy atom. The van der Waals surface area contributed by atoms with E-state index in [-0.39, 0.29) is 11.8 Å². The summed E-state index contributed by atoms with van der Waals surface area (Å²) in [6.07, 6.45) is 5.76. The number of furan rings is 1. The van der Waals surface area contributed by atoms with E-state index >= 15 is 0 Å². The first-order valence-corrected chi connectivity index (χ1v) is 8.57. The summed E-state index contributed by atoms with van der Waals surface area (Å²) in [5.74, 6) is 1.37. The van der Waals surface area contributed by atoms with Crippen LogP contribution in [0.25, 0.3) is 0 Å². The number of aromatic nitrogens is 1. The van der Waals surface area contributed by atoms with Crippen LogP contribution in [0.2, 0.25) is 0 Å². The molecule has 4 nitrogen and oxygen atoms in total. The lowest BCUT2D eigenvalue weighted by Crippen LogP contribution is -2.48. The smallest absolute Gasteiger partial charge is 0.223 e. The van der Waals surface area contributed by atoms with Crippen LogP contribution in [-0.2, 0) is 4.79 Å². The van der Waals surface area contributed by atoms with Crippen LogP contribution in [0.3, 0.4) is 0 Å². The van der Waals surface area contributed by atoms with Gasteiger partial charge < -0.3 is 9.32 Å². The topological polar surface area (TPSA) is 46.3 Å². The van der Waals surface area contributed by atoms with Crippen LogP contribution >= 0.6 is 0 Å². The van der Waals surface area contributed by atoms with Gasteiger partial charge in [0.05, 0.1) is 12.2 Å². The number of benzene rings is 1. The summed E-state index contributed by atoms with van der Waals surface area (Å²) in [5, 5.41) is 0. The van der Waals surface area contributed by atoms with Crippen molar-refractivity contribution in [3.63, 3.8) is 0 Å². The molecule has 1 fully saturated rings. The van der Waals surface area contributed by atoms with E-state index in [0.717, 1.165) is 24.4 Å². The maximum absolute atomic E-state index is 12.7. The van der Waals surface area contributed by atoms with Crippen LogP contribution in [0.15, 0.2) is 77.7 Å². The molecule has 25 heavy (non-hydrogen) atoms. The number of carbonyl (C=O) groups excluding carboxylic acids is 1. The van der Waals surface area contributed by atoms with Crippen molar-refractivity contribution in [1.29, 1.82) is 0 Å². The maximum atomic E-state index is 12.7. The molecule has 0 N–H and O–H groups in total. The molecular formula is C21H20N2O2. The van der Waals surface area contributed by atoms with Gasteiger partial charge in [0.1, 0.15) is 5.76 Å². The first kappa shape index (κ1) is 15.6. The molecular weight excluding hydrogens is 312 g/mol. The highest BCUT2D eigenvalue weighted by Crippen LogP contribution is 2.32. The van der Waals surface area contributed by atoms with Crippen molar-refractivity contribution >= 4 is 5.91 Å². The van der Waals surface area contributed by atoms with Crippen LogP contribution < -0.4 is 0 Å². The van der Waals surface area contributed by atoms with Gasteiger partial charge in [0, 0.05) is 37.8 Å². The summed E-state index contributed by atoms with van der Waals surface area (Å²) >= 11 is 0. The standard InChI is InChI=1S/C21H20N2O2/c24-21(23-14-18(15-23)17-8-4-10-22-13-17)12-19(20-9-5-11-25-20)16-6-2-1-3-7-16/h1-11,13,18-19H,12,14-15H2. The fourth-order valence-corrected chi connectivity index (χ4v) is 3.37. The summed E-state index contributed by atoms with van der Waals surface area (Å²) in [6.45, 7) is 1.54. The van der Waals surface area contributed by atoms with Crippen molar-refractivity contribution in [3.8, 4) is 0 Å². The van der Waals surface area contributed by atoms with E-state index in [4.69, 9.17) is 4.42 Å². The summed E-state index contributed by atoms with van der Waals surface area (Å²) in [4.78, 5) is 18.8. The first-order valence-electron chi connectivity index (χ1n) is 8.57. The van der Waals surface area contributed by atoms with Crippen molar-refractivity contribution in [1.82, 2.24) is 9.88 Å². The van der Waals surface area contributed by atoms with E-state index in [1.54, 1.807) is 12.5 Å². The Balaban J connectivity index is 1.44. The van der Waals surface area contributed by atoms with Gasteiger partial charge in [-0.1, -0.05) is 36.4 Å². The molecule has 0 bridgehead atoms. The van der Waals surface area contributed by atoms with Crippen LogP contribution in [0.1, 0.15) is 35.1 Å². The summed E-state index contributed by atoms with van der Waals surface area (Å²) < 4.78 is 5.59. The summed E-state index contributed by atoms with van der Waals surface area (Å²) in [5.41, 5.74) is 2.31. The average molecular weight is 332 g/mol. The largest absolute Gasteiger partial charge is 0.469 e. The Kier molecular flexibility index (Phi) is 4.34. The number of hydrogen-bond donors (Lipinski definition) is 0. The first-order chi connectivity index (χ1) is 12.3. The van der Waals surface area contributed by atoms with Gasteiger partial charge in [-0.25, -0.2) is 0 Å². The Bertz CT molecular complexity index is 810. The molecule has 0 radical (unpaired) electrons. The number of pyridine rings is 1. The van der Waals surface area contributed by atoms with Gasteiger partial charge >= 0.3 is 0 Å². The maximum Gasteiger partial charge on any atom is 0.223 e. The molecule has 1 aliphatic rings. The molecule has 1 amide bonds. The molecule has 2 aromatic heterocycles. The summed E-state index contributed by atoms with van der Waals surface area (Å²) in [6, 6.07) is 17.9. The number of hydrogen-bond acceptors (Lipinski definition) is 3. The lowest BCUT2D eigenvalue weighted by Gasteiger charge is -2.40. The molecule has 1 saturated heterocycles. The second-order valence-electron chi connectivity index (χ2n) is 6.46. The predicted molar refractivity (Wildman–Crippen MR) is 95.2 cm³/mol. The van der Waals surface area contributed by atoms with E-state index in [1.165, 1.54) is 5.56 Å². The number of nitrogens with zero attached hydrogens (tertiary/aromatic N) is 2. The van der Waals surface area contributed by atoms with Crippen molar-refractivity contribution in [2.75, 3.05) is 13.1 Å². The molecule has 126 valence electrons.